The number of benzene rings is 2. The molecule has 12 heteroatoms. The Balaban J connectivity index is 2.25. The van der Waals surface area contributed by atoms with Crippen LogP contribution in [0.2, 0.25) is 0 Å². The third-order valence-corrected chi connectivity index (χ3v) is 4.56. The number of hydrogen-bond donors (Lipinski definition) is 3. The van der Waals surface area contributed by atoms with Crippen molar-refractivity contribution in [2.45, 2.75) is 24.1 Å². The van der Waals surface area contributed by atoms with Crippen LogP contribution in [-0.2, 0) is 22.7 Å². The topological polar surface area (TPSA) is 108 Å². The van der Waals surface area contributed by atoms with E-state index < -0.39 is 63.9 Å². The number of aliphatic hydroxyl groups is 2. The Bertz CT molecular complexity index is 1090. The SMILES string of the molecule is NC(=O)C1=NC(c2ccccc2C(F)(F)F)N=C(O)C1(O)c1ccccc1C(F)(F)F. The first-order chi connectivity index (χ1) is 14.3. The molecule has 0 radical (unpaired) electrons. The third-order valence-electron chi connectivity index (χ3n) is 4.56. The fourth-order valence-corrected chi connectivity index (χ4v) is 3.21. The molecule has 0 saturated heterocycles. The zero-order valence-electron chi connectivity index (χ0n) is 15.2. The van der Waals surface area contributed by atoms with E-state index in [0.29, 0.717) is 12.1 Å². The number of nitrogens with two attached hydrogens (primary N) is 1. The Labute approximate surface area is 170 Å². The first-order valence-electron chi connectivity index (χ1n) is 8.48. The van der Waals surface area contributed by atoms with Gasteiger partial charge in [-0.05, 0) is 12.1 Å². The van der Waals surface area contributed by atoms with E-state index >= 15 is 0 Å². The van der Waals surface area contributed by atoms with Crippen LogP contribution in [0.1, 0.15) is 28.4 Å². The lowest BCUT2D eigenvalue weighted by Crippen LogP contribution is -2.52. The number of hydrogen-bond acceptors (Lipinski definition) is 4. The Morgan fingerprint density at radius 1 is 0.903 bits per heavy atom. The van der Waals surface area contributed by atoms with Crippen LogP contribution in [0.5, 0.6) is 0 Å². The zero-order chi connectivity index (χ0) is 23.2. The molecule has 0 aliphatic carbocycles. The van der Waals surface area contributed by atoms with Crippen molar-refractivity contribution in [3.63, 3.8) is 0 Å². The fourth-order valence-electron chi connectivity index (χ4n) is 3.21. The first-order valence-corrected chi connectivity index (χ1v) is 8.48. The van der Waals surface area contributed by atoms with Crippen LogP contribution in [0.25, 0.3) is 0 Å². The number of amides is 1. The maximum atomic E-state index is 13.4. The standard InChI is InChI=1S/C19H13F6N3O3/c20-18(21,22)10-6-2-1-5-9(10)15-27-13(14(26)29)17(31,16(30)28-15)11-7-3-4-8-12(11)19(23,24)25/h1-8,15,31H,(H2,26,29)(H,28,30). The van der Waals surface area contributed by atoms with Crippen molar-refractivity contribution in [3.8, 4) is 0 Å². The summed E-state index contributed by atoms with van der Waals surface area (Å²) >= 11 is 0. The molecule has 1 aliphatic heterocycles. The van der Waals surface area contributed by atoms with Crippen LogP contribution < -0.4 is 5.73 Å². The molecule has 0 fully saturated rings. The summed E-state index contributed by atoms with van der Waals surface area (Å²) in [7, 11) is 0. The Kier molecular flexibility index (Phi) is 5.30. The maximum absolute atomic E-state index is 13.4. The lowest BCUT2D eigenvalue weighted by Gasteiger charge is -2.33. The monoisotopic (exact) mass is 445 g/mol. The van der Waals surface area contributed by atoms with E-state index in [-0.39, 0.29) is 0 Å². The third kappa shape index (κ3) is 3.85. The van der Waals surface area contributed by atoms with Crippen molar-refractivity contribution in [1.29, 1.82) is 0 Å². The molecule has 164 valence electrons. The van der Waals surface area contributed by atoms with E-state index in [1.54, 1.807) is 0 Å². The van der Waals surface area contributed by atoms with E-state index in [4.69, 9.17) is 5.73 Å². The molecule has 1 amide bonds. The smallest absolute Gasteiger partial charge is 0.416 e. The number of rotatable bonds is 3. The van der Waals surface area contributed by atoms with Gasteiger partial charge >= 0.3 is 12.4 Å². The molecule has 2 unspecified atom stereocenters. The van der Waals surface area contributed by atoms with Crippen molar-refractivity contribution in [3.05, 3.63) is 70.8 Å². The highest BCUT2D eigenvalue weighted by molar-refractivity contribution is 6.46. The highest BCUT2D eigenvalue weighted by atomic mass is 19.4. The molecular formula is C19H13F6N3O3. The quantitative estimate of drug-likeness (QED) is 0.630. The van der Waals surface area contributed by atoms with Crippen LogP contribution in [0.15, 0.2) is 58.5 Å². The number of primary amides is 1. The van der Waals surface area contributed by atoms with Gasteiger partial charge in [0.25, 0.3) is 5.91 Å². The van der Waals surface area contributed by atoms with Crippen molar-refractivity contribution in [2.24, 2.45) is 15.7 Å². The number of carbonyl (C=O) groups is 1. The van der Waals surface area contributed by atoms with Gasteiger partial charge in [0.15, 0.2) is 6.17 Å². The Morgan fingerprint density at radius 3 is 1.97 bits per heavy atom. The van der Waals surface area contributed by atoms with Crippen molar-refractivity contribution in [2.75, 3.05) is 0 Å². The fraction of sp³-hybridized carbons (Fsp3) is 0.211. The molecule has 1 aliphatic rings. The summed E-state index contributed by atoms with van der Waals surface area (Å²) < 4.78 is 80.3. The van der Waals surface area contributed by atoms with Gasteiger partial charge in [-0.3, -0.25) is 4.79 Å². The number of halogens is 6. The molecular weight excluding hydrogens is 432 g/mol. The molecule has 1 heterocycles. The maximum Gasteiger partial charge on any atom is 0.416 e. The Morgan fingerprint density at radius 2 is 1.42 bits per heavy atom. The Hall–Kier alpha value is -3.41. The average molecular weight is 445 g/mol. The molecule has 0 aromatic heterocycles. The van der Waals surface area contributed by atoms with E-state index in [0.717, 1.165) is 30.3 Å². The second-order valence-corrected chi connectivity index (χ2v) is 6.51. The van der Waals surface area contributed by atoms with Gasteiger partial charge in [-0.15, -0.1) is 0 Å². The van der Waals surface area contributed by atoms with Gasteiger partial charge in [0, 0.05) is 11.1 Å². The van der Waals surface area contributed by atoms with Gasteiger partial charge in [-0.1, -0.05) is 36.4 Å². The molecule has 0 bridgehead atoms. The van der Waals surface area contributed by atoms with E-state index in [1.165, 1.54) is 6.07 Å². The summed E-state index contributed by atoms with van der Waals surface area (Å²) in [6.45, 7) is 0. The number of aliphatic hydroxyl groups excluding tert-OH is 1. The lowest BCUT2D eigenvalue weighted by molar-refractivity contribution is -0.140. The van der Waals surface area contributed by atoms with Gasteiger partial charge < -0.3 is 15.9 Å². The second kappa shape index (κ2) is 7.38. The zero-order valence-corrected chi connectivity index (χ0v) is 15.2. The van der Waals surface area contributed by atoms with Crippen LogP contribution in [0.4, 0.5) is 26.3 Å². The van der Waals surface area contributed by atoms with Crippen molar-refractivity contribution in [1.82, 2.24) is 0 Å². The lowest BCUT2D eigenvalue weighted by atomic mass is 9.83. The highest BCUT2D eigenvalue weighted by Gasteiger charge is 2.52. The van der Waals surface area contributed by atoms with Gasteiger partial charge in [-0.25, -0.2) is 9.98 Å². The summed E-state index contributed by atoms with van der Waals surface area (Å²) in [5.41, 5.74) is -3.50. The van der Waals surface area contributed by atoms with Gasteiger partial charge in [-0.2, -0.15) is 26.3 Å². The summed E-state index contributed by atoms with van der Waals surface area (Å²) in [4.78, 5) is 19.0. The minimum absolute atomic E-state index is 0.574. The normalized spacial score (nSPS) is 22.0. The molecule has 0 spiro atoms. The van der Waals surface area contributed by atoms with Gasteiger partial charge in [0.2, 0.25) is 11.5 Å². The molecule has 31 heavy (non-hydrogen) atoms. The predicted octanol–water partition coefficient (Wildman–Crippen LogP) is 3.51. The molecule has 0 saturated carbocycles. The molecule has 2 aromatic rings. The first kappa shape index (κ1) is 22.3. The summed E-state index contributed by atoms with van der Waals surface area (Å²) in [5, 5.41) is 21.3. The van der Waals surface area contributed by atoms with E-state index in [2.05, 4.69) is 9.98 Å². The number of carbonyl (C=O) groups excluding carboxylic acids is 1. The van der Waals surface area contributed by atoms with Crippen LogP contribution in [-0.4, -0.2) is 27.7 Å². The number of aliphatic imine (C=N–C) groups is 2. The minimum Gasteiger partial charge on any atom is -0.494 e. The summed E-state index contributed by atoms with van der Waals surface area (Å²) in [6, 6.07) is 7.35. The van der Waals surface area contributed by atoms with Crippen LogP contribution in [0, 0.1) is 0 Å². The minimum atomic E-state index is -5.02. The highest BCUT2D eigenvalue weighted by Crippen LogP contribution is 2.42. The van der Waals surface area contributed by atoms with Crippen molar-refractivity contribution >= 4 is 17.5 Å². The van der Waals surface area contributed by atoms with E-state index in [9.17, 15) is 41.4 Å². The predicted molar refractivity (Wildman–Crippen MR) is 96.2 cm³/mol. The van der Waals surface area contributed by atoms with E-state index in [1.807, 2.05) is 0 Å². The van der Waals surface area contributed by atoms with Crippen LogP contribution >= 0.6 is 0 Å². The molecule has 3 rings (SSSR count). The average Bonchev–Trinajstić information content (AvgIpc) is 2.68. The molecule has 2 aromatic carbocycles. The molecule has 4 N–H and O–H groups in total. The van der Waals surface area contributed by atoms with Crippen LogP contribution in [0.3, 0.4) is 0 Å². The van der Waals surface area contributed by atoms with Crippen molar-refractivity contribution < 1.29 is 41.4 Å². The van der Waals surface area contributed by atoms with Gasteiger partial charge in [0.1, 0.15) is 5.71 Å². The molecule has 2 atom stereocenters. The summed E-state index contributed by atoms with van der Waals surface area (Å²) in [6.07, 6.45) is -11.8. The molecule has 6 nitrogen and oxygen atoms in total. The second-order valence-electron chi connectivity index (χ2n) is 6.51. The number of nitrogens with zero attached hydrogens (tertiary/aromatic N) is 2. The number of alkyl halides is 6. The largest absolute Gasteiger partial charge is 0.494 e. The summed E-state index contributed by atoms with van der Waals surface area (Å²) in [5.74, 6) is -3.02. The van der Waals surface area contributed by atoms with Gasteiger partial charge in [0.05, 0.1) is 11.1 Å².